The molecule has 1 aliphatic carbocycles. The number of carbonyl (C=O) groups excluding carboxylic acids is 2. The predicted octanol–water partition coefficient (Wildman–Crippen LogP) is 2.46. The number of hydrogen-bond donors (Lipinski definition) is 1. The van der Waals surface area contributed by atoms with E-state index in [1.54, 1.807) is 24.3 Å². The lowest BCUT2D eigenvalue weighted by atomic mass is 9.84. The van der Waals surface area contributed by atoms with E-state index in [9.17, 15) is 9.59 Å². The molecule has 2 aliphatic rings. The largest absolute Gasteiger partial charge is 0.456 e. The van der Waals surface area contributed by atoms with Crippen LogP contribution in [0.2, 0.25) is 0 Å². The van der Waals surface area contributed by atoms with Crippen molar-refractivity contribution in [3.8, 4) is 0 Å². The number of nitrogens with one attached hydrogen (secondary N) is 1. The maximum atomic E-state index is 12.2. The van der Waals surface area contributed by atoms with E-state index in [0.717, 1.165) is 19.3 Å². The number of morpholine rings is 1. The Balaban J connectivity index is 1.77. The summed E-state index contributed by atoms with van der Waals surface area (Å²) in [7, 11) is 0. The summed E-state index contributed by atoms with van der Waals surface area (Å²) in [6.45, 7) is 2.20. The van der Waals surface area contributed by atoms with Crippen LogP contribution < -0.4 is 5.32 Å². The Hall–Kier alpha value is -2.10. The fourth-order valence-electron chi connectivity index (χ4n) is 3.02. The monoisotopic (exact) mass is 285 g/mol. The molecular weight excluding hydrogens is 266 g/mol. The minimum absolute atomic E-state index is 0.0577. The summed E-state index contributed by atoms with van der Waals surface area (Å²) in [5.41, 5.74) is 0.845. The molecule has 1 aromatic carbocycles. The van der Waals surface area contributed by atoms with Crippen molar-refractivity contribution in [1.29, 1.82) is 0 Å². The van der Waals surface area contributed by atoms with Gasteiger partial charge in [-0.05, 0) is 25.2 Å². The maximum Gasteiger partial charge on any atom is 0.354 e. The lowest BCUT2D eigenvalue weighted by Gasteiger charge is -2.39. The van der Waals surface area contributed by atoms with Gasteiger partial charge in [-0.1, -0.05) is 37.3 Å². The van der Waals surface area contributed by atoms with Crippen LogP contribution in [-0.2, 0) is 9.53 Å². The van der Waals surface area contributed by atoms with Gasteiger partial charge in [-0.3, -0.25) is 4.79 Å². The molecule has 3 rings (SSSR count). The number of esters is 1. The van der Waals surface area contributed by atoms with E-state index in [0.29, 0.717) is 11.5 Å². The molecule has 0 bridgehead atoms. The minimum atomic E-state index is -0.421. The SMILES string of the molecule is CC1CCC2OC(=O)/C(=C/C(=O)c3ccccc3)NC2C1. The highest BCUT2D eigenvalue weighted by molar-refractivity contribution is 6.08. The lowest BCUT2D eigenvalue weighted by Crippen LogP contribution is -2.52. The van der Waals surface area contributed by atoms with Gasteiger partial charge in [0, 0.05) is 11.6 Å². The molecule has 4 nitrogen and oxygen atoms in total. The van der Waals surface area contributed by atoms with Crippen molar-refractivity contribution in [2.75, 3.05) is 0 Å². The Morgan fingerprint density at radius 2 is 2.05 bits per heavy atom. The molecule has 1 saturated carbocycles. The summed E-state index contributed by atoms with van der Waals surface area (Å²) in [6, 6.07) is 9.05. The molecule has 0 radical (unpaired) electrons. The van der Waals surface area contributed by atoms with Gasteiger partial charge in [0.1, 0.15) is 11.8 Å². The average molecular weight is 285 g/mol. The third-order valence-corrected chi connectivity index (χ3v) is 4.20. The van der Waals surface area contributed by atoms with Crippen LogP contribution in [0.4, 0.5) is 0 Å². The van der Waals surface area contributed by atoms with Gasteiger partial charge in [0.25, 0.3) is 0 Å². The molecule has 1 aliphatic heterocycles. The van der Waals surface area contributed by atoms with E-state index in [1.807, 2.05) is 6.07 Å². The fraction of sp³-hybridized carbons (Fsp3) is 0.412. The highest BCUT2D eigenvalue weighted by Crippen LogP contribution is 2.29. The van der Waals surface area contributed by atoms with Crippen LogP contribution >= 0.6 is 0 Å². The van der Waals surface area contributed by atoms with E-state index in [4.69, 9.17) is 4.74 Å². The highest BCUT2D eigenvalue weighted by Gasteiger charge is 2.37. The van der Waals surface area contributed by atoms with Gasteiger partial charge >= 0.3 is 5.97 Å². The van der Waals surface area contributed by atoms with Crippen LogP contribution in [-0.4, -0.2) is 23.9 Å². The molecule has 1 saturated heterocycles. The van der Waals surface area contributed by atoms with Crippen molar-refractivity contribution in [3.63, 3.8) is 0 Å². The summed E-state index contributed by atoms with van der Waals surface area (Å²) in [6.07, 6.45) is 4.24. The van der Waals surface area contributed by atoms with Gasteiger partial charge in [0.05, 0.1) is 6.04 Å². The Kier molecular flexibility index (Phi) is 3.78. The number of ether oxygens (including phenoxy) is 1. The standard InChI is InChI=1S/C17H19NO3/c1-11-7-8-16-13(9-11)18-14(17(20)21-16)10-15(19)12-5-3-2-4-6-12/h2-6,10-11,13,16,18H,7-9H2,1H3/b14-10-. The van der Waals surface area contributed by atoms with Crippen LogP contribution in [0.3, 0.4) is 0 Å². The van der Waals surface area contributed by atoms with Crippen LogP contribution in [0.15, 0.2) is 42.1 Å². The molecule has 21 heavy (non-hydrogen) atoms. The minimum Gasteiger partial charge on any atom is -0.456 e. The molecule has 0 aromatic heterocycles. The quantitative estimate of drug-likeness (QED) is 0.515. The molecule has 1 heterocycles. The zero-order valence-corrected chi connectivity index (χ0v) is 12.0. The maximum absolute atomic E-state index is 12.2. The first-order valence-electron chi connectivity index (χ1n) is 7.42. The predicted molar refractivity (Wildman–Crippen MR) is 78.7 cm³/mol. The second kappa shape index (κ2) is 5.72. The lowest BCUT2D eigenvalue weighted by molar-refractivity contribution is -0.152. The van der Waals surface area contributed by atoms with Crippen molar-refractivity contribution in [3.05, 3.63) is 47.7 Å². The molecule has 0 spiro atoms. The Morgan fingerprint density at radius 1 is 1.29 bits per heavy atom. The van der Waals surface area contributed by atoms with E-state index in [2.05, 4.69) is 12.2 Å². The summed E-state index contributed by atoms with van der Waals surface area (Å²) >= 11 is 0. The second-order valence-electron chi connectivity index (χ2n) is 5.90. The van der Waals surface area contributed by atoms with E-state index < -0.39 is 5.97 Å². The number of ketones is 1. The van der Waals surface area contributed by atoms with E-state index in [1.165, 1.54) is 6.08 Å². The molecule has 3 unspecified atom stereocenters. The van der Waals surface area contributed by atoms with Gasteiger partial charge in [-0.15, -0.1) is 0 Å². The summed E-state index contributed by atoms with van der Waals surface area (Å²) in [4.78, 5) is 24.2. The van der Waals surface area contributed by atoms with Gasteiger partial charge in [-0.2, -0.15) is 0 Å². The third-order valence-electron chi connectivity index (χ3n) is 4.20. The van der Waals surface area contributed by atoms with Gasteiger partial charge in [-0.25, -0.2) is 4.79 Å². The van der Waals surface area contributed by atoms with Crippen molar-refractivity contribution < 1.29 is 14.3 Å². The normalized spacial score (nSPS) is 30.2. The third kappa shape index (κ3) is 2.99. The number of rotatable bonds is 2. The molecular formula is C17H19NO3. The van der Waals surface area contributed by atoms with Gasteiger partial charge in [0.15, 0.2) is 5.78 Å². The van der Waals surface area contributed by atoms with Gasteiger partial charge in [0.2, 0.25) is 0 Å². The summed E-state index contributed by atoms with van der Waals surface area (Å²) in [5, 5.41) is 3.20. The van der Waals surface area contributed by atoms with E-state index in [-0.39, 0.29) is 23.6 Å². The van der Waals surface area contributed by atoms with Crippen molar-refractivity contribution >= 4 is 11.8 Å². The average Bonchev–Trinajstić information content (AvgIpc) is 2.49. The summed E-state index contributed by atoms with van der Waals surface area (Å²) in [5.74, 6) is 0.00840. The molecule has 1 aromatic rings. The first-order chi connectivity index (χ1) is 10.1. The zero-order valence-electron chi connectivity index (χ0n) is 12.0. The van der Waals surface area contributed by atoms with Crippen molar-refractivity contribution in [1.82, 2.24) is 5.32 Å². The van der Waals surface area contributed by atoms with E-state index >= 15 is 0 Å². The smallest absolute Gasteiger partial charge is 0.354 e. The Labute approximate surface area is 124 Å². The summed E-state index contributed by atoms with van der Waals surface area (Å²) < 4.78 is 5.47. The zero-order chi connectivity index (χ0) is 14.8. The van der Waals surface area contributed by atoms with Crippen LogP contribution in [0.5, 0.6) is 0 Å². The van der Waals surface area contributed by atoms with Crippen molar-refractivity contribution in [2.45, 2.75) is 38.3 Å². The van der Waals surface area contributed by atoms with Crippen molar-refractivity contribution in [2.24, 2.45) is 5.92 Å². The van der Waals surface area contributed by atoms with Crippen LogP contribution in [0.1, 0.15) is 36.5 Å². The number of carbonyl (C=O) groups is 2. The first-order valence-corrected chi connectivity index (χ1v) is 7.42. The molecule has 0 amide bonds. The van der Waals surface area contributed by atoms with Crippen LogP contribution in [0, 0.1) is 5.92 Å². The van der Waals surface area contributed by atoms with Gasteiger partial charge < -0.3 is 10.1 Å². The highest BCUT2D eigenvalue weighted by atomic mass is 16.5. The second-order valence-corrected chi connectivity index (χ2v) is 5.90. The Bertz CT molecular complexity index is 579. The fourth-order valence-corrected chi connectivity index (χ4v) is 3.02. The molecule has 110 valence electrons. The number of allylic oxidation sites excluding steroid dienone is 1. The molecule has 4 heteroatoms. The molecule has 3 atom stereocenters. The molecule has 2 fully saturated rings. The topological polar surface area (TPSA) is 55.4 Å². The number of hydrogen-bond acceptors (Lipinski definition) is 4. The Morgan fingerprint density at radius 3 is 2.81 bits per heavy atom. The van der Waals surface area contributed by atoms with Crippen LogP contribution in [0.25, 0.3) is 0 Å². The molecule has 1 N–H and O–H groups in total. The number of fused-ring (bicyclic) bond motifs is 1. The first kappa shape index (κ1) is 13.9. The number of benzene rings is 1.